The Morgan fingerprint density at radius 1 is 0.667 bits per heavy atom. The van der Waals surface area contributed by atoms with Crippen LogP contribution in [0.1, 0.15) is 89.5 Å². The van der Waals surface area contributed by atoms with Crippen LogP contribution in [0.25, 0.3) is 16.8 Å². The van der Waals surface area contributed by atoms with Crippen LogP contribution in [0.15, 0.2) is 66.7 Å². The van der Waals surface area contributed by atoms with Crippen LogP contribution in [0.5, 0.6) is 17.2 Å². The lowest BCUT2D eigenvalue weighted by Crippen LogP contribution is -2.03. The molecule has 0 saturated heterocycles. The summed E-state index contributed by atoms with van der Waals surface area (Å²) in [6.45, 7) is 7.54. The lowest BCUT2D eigenvalue weighted by molar-refractivity contribution is -0.128. The first kappa shape index (κ1) is 30.3. The fourth-order valence-electron chi connectivity index (χ4n) is 4.42. The van der Waals surface area contributed by atoms with Gasteiger partial charge in [0.25, 0.3) is 0 Å². The molecular weight excluding hydrogens is 484 g/mol. The first-order valence-electron chi connectivity index (χ1n) is 14.8. The first-order valence-corrected chi connectivity index (χ1v) is 14.8. The summed E-state index contributed by atoms with van der Waals surface area (Å²) in [5.41, 5.74) is 0.920. The SMILES string of the molecule is [CH2]CCCCCCCCCCOc1ccc(/C=C/C(=O)Oc2ccc3cc(OCCCCC)ccc3c2)cc1. The monoisotopic (exact) mass is 529 g/mol. The van der Waals surface area contributed by atoms with Gasteiger partial charge in [0.05, 0.1) is 13.2 Å². The zero-order chi connectivity index (χ0) is 27.5. The predicted octanol–water partition coefficient (Wildman–Crippen LogP) is 9.75. The average molecular weight is 530 g/mol. The highest BCUT2D eigenvalue weighted by atomic mass is 16.5. The number of esters is 1. The van der Waals surface area contributed by atoms with Crippen molar-refractivity contribution in [2.75, 3.05) is 13.2 Å². The van der Waals surface area contributed by atoms with Crippen LogP contribution in [-0.2, 0) is 4.79 Å². The minimum Gasteiger partial charge on any atom is -0.494 e. The van der Waals surface area contributed by atoms with Crippen LogP contribution in [0.3, 0.4) is 0 Å². The summed E-state index contributed by atoms with van der Waals surface area (Å²) < 4.78 is 17.2. The Bertz CT molecular complexity index is 1130. The predicted molar refractivity (Wildman–Crippen MR) is 162 cm³/mol. The van der Waals surface area contributed by atoms with Gasteiger partial charge in [-0.3, -0.25) is 0 Å². The van der Waals surface area contributed by atoms with Gasteiger partial charge in [0.2, 0.25) is 0 Å². The molecule has 209 valence electrons. The molecule has 0 unspecified atom stereocenters. The second-order valence-corrected chi connectivity index (χ2v) is 10.1. The molecule has 0 saturated carbocycles. The summed E-state index contributed by atoms with van der Waals surface area (Å²) in [6, 6.07) is 19.4. The highest BCUT2D eigenvalue weighted by molar-refractivity contribution is 5.90. The molecule has 0 spiro atoms. The minimum atomic E-state index is -0.409. The summed E-state index contributed by atoms with van der Waals surface area (Å²) in [6.07, 6.45) is 17.8. The average Bonchev–Trinajstić information content (AvgIpc) is 2.96. The summed E-state index contributed by atoms with van der Waals surface area (Å²) in [4.78, 5) is 12.4. The molecule has 0 aliphatic carbocycles. The molecule has 0 fully saturated rings. The molecular formula is C35H45O4. The third kappa shape index (κ3) is 12.0. The second-order valence-electron chi connectivity index (χ2n) is 10.1. The highest BCUT2D eigenvalue weighted by Gasteiger charge is 2.04. The zero-order valence-corrected chi connectivity index (χ0v) is 23.7. The third-order valence-electron chi connectivity index (χ3n) is 6.72. The van der Waals surface area contributed by atoms with Gasteiger partial charge in [0.1, 0.15) is 17.2 Å². The van der Waals surface area contributed by atoms with Gasteiger partial charge in [-0.15, -0.1) is 0 Å². The number of unbranched alkanes of at least 4 members (excludes halogenated alkanes) is 10. The number of carbonyl (C=O) groups excluding carboxylic acids is 1. The molecule has 3 aromatic rings. The molecule has 0 atom stereocenters. The highest BCUT2D eigenvalue weighted by Crippen LogP contribution is 2.25. The fraction of sp³-hybridized carbons (Fsp3) is 0.429. The Hall–Kier alpha value is -3.27. The van der Waals surface area contributed by atoms with Crippen LogP contribution in [-0.4, -0.2) is 19.2 Å². The second kappa shape index (κ2) is 18.1. The molecule has 4 heteroatoms. The maximum atomic E-state index is 12.4. The molecule has 0 bridgehead atoms. The smallest absolute Gasteiger partial charge is 0.336 e. The van der Waals surface area contributed by atoms with Gasteiger partial charge in [-0.2, -0.15) is 0 Å². The number of carbonyl (C=O) groups is 1. The largest absolute Gasteiger partial charge is 0.494 e. The lowest BCUT2D eigenvalue weighted by Gasteiger charge is -2.08. The van der Waals surface area contributed by atoms with Gasteiger partial charge in [-0.05, 0) is 71.7 Å². The number of rotatable bonds is 19. The molecule has 1 radical (unpaired) electrons. The number of benzene rings is 3. The van der Waals surface area contributed by atoms with Crippen molar-refractivity contribution in [1.82, 2.24) is 0 Å². The maximum absolute atomic E-state index is 12.4. The van der Waals surface area contributed by atoms with E-state index < -0.39 is 5.97 Å². The van der Waals surface area contributed by atoms with Crippen molar-refractivity contribution >= 4 is 22.8 Å². The Morgan fingerprint density at radius 3 is 1.87 bits per heavy atom. The Morgan fingerprint density at radius 2 is 1.21 bits per heavy atom. The van der Waals surface area contributed by atoms with E-state index in [1.807, 2.05) is 60.7 Å². The van der Waals surface area contributed by atoms with E-state index in [2.05, 4.69) is 13.8 Å². The molecule has 3 aromatic carbocycles. The Labute approximate surface area is 235 Å². The maximum Gasteiger partial charge on any atom is 0.336 e. The van der Waals surface area contributed by atoms with Crippen molar-refractivity contribution in [3.63, 3.8) is 0 Å². The van der Waals surface area contributed by atoms with Crippen LogP contribution < -0.4 is 14.2 Å². The Balaban J connectivity index is 1.36. The number of ether oxygens (including phenoxy) is 3. The van der Waals surface area contributed by atoms with Crippen molar-refractivity contribution < 1.29 is 19.0 Å². The fourth-order valence-corrected chi connectivity index (χ4v) is 4.42. The van der Waals surface area contributed by atoms with Crippen LogP contribution >= 0.6 is 0 Å². The number of fused-ring (bicyclic) bond motifs is 1. The van der Waals surface area contributed by atoms with Crippen molar-refractivity contribution in [3.05, 3.63) is 79.2 Å². The molecule has 39 heavy (non-hydrogen) atoms. The topological polar surface area (TPSA) is 44.8 Å². The summed E-state index contributed by atoms with van der Waals surface area (Å²) >= 11 is 0. The summed E-state index contributed by atoms with van der Waals surface area (Å²) in [5.74, 6) is 1.83. The van der Waals surface area contributed by atoms with Crippen LogP contribution in [0, 0.1) is 6.92 Å². The molecule has 0 aromatic heterocycles. The number of hydrogen-bond donors (Lipinski definition) is 0. The van der Waals surface area contributed by atoms with E-state index in [1.54, 1.807) is 6.08 Å². The van der Waals surface area contributed by atoms with Crippen molar-refractivity contribution in [2.45, 2.75) is 84.0 Å². The number of hydrogen-bond acceptors (Lipinski definition) is 4. The third-order valence-corrected chi connectivity index (χ3v) is 6.72. The molecule has 0 aliphatic heterocycles. The molecule has 3 rings (SSSR count). The first-order chi connectivity index (χ1) is 19.2. The van der Waals surface area contributed by atoms with Crippen LogP contribution in [0.2, 0.25) is 0 Å². The molecule has 0 heterocycles. The van der Waals surface area contributed by atoms with Gasteiger partial charge in [-0.25, -0.2) is 4.79 Å². The van der Waals surface area contributed by atoms with E-state index in [-0.39, 0.29) is 0 Å². The van der Waals surface area contributed by atoms with Crippen LogP contribution in [0.4, 0.5) is 0 Å². The molecule has 4 nitrogen and oxygen atoms in total. The summed E-state index contributed by atoms with van der Waals surface area (Å²) in [7, 11) is 0. The minimum absolute atomic E-state index is 0.409. The van der Waals surface area contributed by atoms with E-state index >= 15 is 0 Å². The summed E-state index contributed by atoms with van der Waals surface area (Å²) in [5, 5.41) is 2.05. The Kier molecular flexibility index (Phi) is 14.0. The van der Waals surface area contributed by atoms with Gasteiger partial charge in [0.15, 0.2) is 0 Å². The van der Waals surface area contributed by atoms with Crippen molar-refractivity contribution in [2.24, 2.45) is 0 Å². The lowest BCUT2D eigenvalue weighted by atomic mass is 10.1. The van der Waals surface area contributed by atoms with Gasteiger partial charge < -0.3 is 14.2 Å². The van der Waals surface area contributed by atoms with Crippen molar-refractivity contribution in [3.8, 4) is 17.2 Å². The van der Waals surface area contributed by atoms with Crippen molar-refractivity contribution in [1.29, 1.82) is 0 Å². The van der Waals surface area contributed by atoms with E-state index in [0.29, 0.717) is 5.75 Å². The van der Waals surface area contributed by atoms with Gasteiger partial charge in [0, 0.05) is 6.08 Å². The van der Waals surface area contributed by atoms with Gasteiger partial charge >= 0.3 is 5.97 Å². The standard InChI is InChI=1S/C35H45O4/c1-3-5-7-8-9-10-11-12-14-26-37-32-20-15-29(16-21-32)17-24-35(36)39-34-23-19-30-27-33(22-18-31(30)28-34)38-25-13-6-4-2/h15-24,27-28H,1,3-14,25-26H2,2H3/b24-17+. The molecule has 0 amide bonds. The van der Waals surface area contributed by atoms with E-state index in [1.165, 1.54) is 63.9 Å². The zero-order valence-electron chi connectivity index (χ0n) is 23.7. The van der Waals surface area contributed by atoms with Gasteiger partial charge in [-0.1, -0.05) is 102 Å². The van der Waals surface area contributed by atoms with E-state index in [9.17, 15) is 4.79 Å². The normalized spacial score (nSPS) is 11.2. The van der Waals surface area contributed by atoms with E-state index in [0.717, 1.165) is 60.3 Å². The molecule has 0 aliphatic rings. The quantitative estimate of drug-likeness (QED) is 0.0671. The molecule has 0 N–H and O–H groups in total. The van der Waals surface area contributed by atoms with E-state index in [4.69, 9.17) is 14.2 Å².